The molecular formula is C7H13N3O2. The Bertz CT molecular complexity index is 223. The minimum absolute atomic E-state index is 0.223. The van der Waals surface area contributed by atoms with E-state index in [1.165, 1.54) is 7.05 Å². The molecule has 0 fully saturated rings. The largest absolute Gasteiger partial charge is 0.387 e. The van der Waals surface area contributed by atoms with Crippen molar-refractivity contribution in [1.82, 2.24) is 0 Å². The van der Waals surface area contributed by atoms with Gasteiger partial charge in [0, 0.05) is 7.05 Å². The van der Waals surface area contributed by atoms with Gasteiger partial charge in [0.05, 0.1) is 12.3 Å². The van der Waals surface area contributed by atoms with Crippen LogP contribution in [0.4, 0.5) is 0 Å². The molecule has 5 heteroatoms. The van der Waals surface area contributed by atoms with Crippen molar-refractivity contribution in [2.45, 2.75) is 13.3 Å². The molecule has 0 aromatic heterocycles. The number of aliphatic imine (C=N–C) groups is 1. The summed E-state index contributed by atoms with van der Waals surface area (Å²) in [6.45, 7) is 1.59. The maximum absolute atomic E-state index is 11.1. The highest BCUT2D eigenvalue weighted by Crippen LogP contribution is 1.99. The van der Waals surface area contributed by atoms with Gasteiger partial charge in [-0.05, 0) is 6.92 Å². The van der Waals surface area contributed by atoms with E-state index in [0.717, 1.165) is 0 Å². The van der Waals surface area contributed by atoms with E-state index < -0.39 is 11.8 Å². The van der Waals surface area contributed by atoms with Gasteiger partial charge in [0.25, 0.3) is 0 Å². The maximum atomic E-state index is 11.1. The lowest BCUT2D eigenvalue weighted by Gasteiger charge is -2.06. The number of carbonyl (C=O) groups excluding carboxylic acids is 2. The molecule has 1 unspecified atom stereocenters. The first-order valence-corrected chi connectivity index (χ1v) is 3.52. The monoisotopic (exact) mass is 171 g/mol. The number of carbonyl (C=O) groups is 2. The first-order chi connectivity index (χ1) is 5.49. The van der Waals surface area contributed by atoms with Crippen LogP contribution in [0.15, 0.2) is 4.99 Å². The Kier molecular flexibility index (Phi) is 3.96. The third-order valence-electron chi connectivity index (χ3n) is 1.53. The summed E-state index contributed by atoms with van der Waals surface area (Å²) in [6, 6.07) is 0. The van der Waals surface area contributed by atoms with Gasteiger partial charge in [0.2, 0.25) is 5.91 Å². The predicted molar refractivity (Wildman–Crippen MR) is 45.5 cm³/mol. The van der Waals surface area contributed by atoms with E-state index in [1.54, 1.807) is 6.92 Å². The average Bonchev–Trinajstić information content (AvgIpc) is 2.00. The molecule has 12 heavy (non-hydrogen) atoms. The standard InChI is InChI=1S/C7H13N3O2/c1-4(7(9)10-2)5(11)3-6(8)12/h4H,3H2,1-2H3,(H2,8,12)(H2,9,10). The predicted octanol–water partition coefficient (Wildman–Crippen LogP) is -0.946. The van der Waals surface area contributed by atoms with Crippen LogP contribution in [0.3, 0.4) is 0 Å². The molecule has 4 N–H and O–H groups in total. The van der Waals surface area contributed by atoms with E-state index in [-0.39, 0.29) is 18.0 Å². The Morgan fingerprint density at radius 3 is 2.25 bits per heavy atom. The third-order valence-corrected chi connectivity index (χ3v) is 1.53. The van der Waals surface area contributed by atoms with E-state index in [0.29, 0.717) is 0 Å². The number of hydrogen-bond donors (Lipinski definition) is 2. The third kappa shape index (κ3) is 3.14. The van der Waals surface area contributed by atoms with E-state index in [2.05, 4.69) is 4.99 Å². The summed E-state index contributed by atoms with van der Waals surface area (Å²) in [5.41, 5.74) is 10.2. The lowest BCUT2D eigenvalue weighted by atomic mass is 10.0. The molecule has 0 bridgehead atoms. The average molecular weight is 171 g/mol. The van der Waals surface area contributed by atoms with Crippen molar-refractivity contribution in [2.75, 3.05) is 7.05 Å². The quantitative estimate of drug-likeness (QED) is 0.324. The van der Waals surface area contributed by atoms with Crippen LogP contribution in [0.5, 0.6) is 0 Å². The fraction of sp³-hybridized carbons (Fsp3) is 0.571. The minimum atomic E-state index is -0.643. The molecule has 0 spiro atoms. The van der Waals surface area contributed by atoms with Crippen LogP contribution in [0.1, 0.15) is 13.3 Å². The van der Waals surface area contributed by atoms with Gasteiger partial charge in [0.15, 0.2) is 5.78 Å². The van der Waals surface area contributed by atoms with Crippen molar-refractivity contribution in [1.29, 1.82) is 0 Å². The molecule has 1 amide bonds. The van der Waals surface area contributed by atoms with Gasteiger partial charge in [-0.1, -0.05) is 0 Å². The lowest BCUT2D eigenvalue weighted by molar-refractivity contribution is -0.127. The number of hydrogen-bond acceptors (Lipinski definition) is 3. The van der Waals surface area contributed by atoms with Crippen molar-refractivity contribution in [3.05, 3.63) is 0 Å². The smallest absolute Gasteiger partial charge is 0.224 e. The summed E-state index contributed by atoms with van der Waals surface area (Å²) in [5, 5.41) is 0. The summed E-state index contributed by atoms with van der Waals surface area (Å²) in [6.07, 6.45) is -0.280. The molecule has 0 saturated heterocycles. The number of nitrogens with two attached hydrogens (primary N) is 2. The summed E-state index contributed by atoms with van der Waals surface area (Å²) in [7, 11) is 1.49. The highest BCUT2D eigenvalue weighted by atomic mass is 16.2. The number of ketones is 1. The molecule has 68 valence electrons. The number of amides is 1. The van der Waals surface area contributed by atoms with E-state index in [9.17, 15) is 9.59 Å². The topological polar surface area (TPSA) is 98.5 Å². The Hall–Kier alpha value is -1.39. The molecule has 1 atom stereocenters. The van der Waals surface area contributed by atoms with E-state index >= 15 is 0 Å². The molecule has 0 aliphatic carbocycles. The highest BCUT2D eigenvalue weighted by Gasteiger charge is 2.17. The van der Waals surface area contributed by atoms with Crippen LogP contribution < -0.4 is 11.5 Å². The van der Waals surface area contributed by atoms with Crippen LogP contribution in [0, 0.1) is 5.92 Å². The SMILES string of the molecule is CN=C(N)C(C)C(=O)CC(N)=O. The number of rotatable bonds is 4. The number of nitrogens with zero attached hydrogens (tertiary/aromatic N) is 1. The summed E-state index contributed by atoms with van der Waals surface area (Å²) < 4.78 is 0. The Morgan fingerprint density at radius 2 is 1.92 bits per heavy atom. The van der Waals surface area contributed by atoms with Gasteiger partial charge >= 0.3 is 0 Å². The van der Waals surface area contributed by atoms with Crippen LogP contribution in [-0.2, 0) is 9.59 Å². The van der Waals surface area contributed by atoms with Crippen LogP contribution in [0.25, 0.3) is 0 Å². The first-order valence-electron chi connectivity index (χ1n) is 3.52. The maximum Gasteiger partial charge on any atom is 0.224 e. The van der Waals surface area contributed by atoms with Crippen LogP contribution >= 0.6 is 0 Å². The van der Waals surface area contributed by atoms with Crippen molar-refractivity contribution in [2.24, 2.45) is 22.4 Å². The van der Waals surface area contributed by atoms with Gasteiger partial charge in [-0.3, -0.25) is 14.6 Å². The fourth-order valence-electron chi connectivity index (χ4n) is 0.683. The Labute approximate surface area is 70.8 Å². The molecule has 0 radical (unpaired) electrons. The first kappa shape index (κ1) is 10.6. The second kappa shape index (κ2) is 4.48. The lowest BCUT2D eigenvalue weighted by Crippen LogP contribution is -2.30. The van der Waals surface area contributed by atoms with Crippen molar-refractivity contribution in [3.8, 4) is 0 Å². The fourth-order valence-corrected chi connectivity index (χ4v) is 0.683. The molecule has 0 heterocycles. The van der Waals surface area contributed by atoms with E-state index in [1.807, 2.05) is 0 Å². The number of primary amides is 1. The second-order valence-corrected chi connectivity index (χ2v) is 2.48. The summed E-state index contributed by atoms with van der Waals surface area (Å²) in [4.78, 5) is 25.1. The molecular weight excluding hydrogens is 158 g/mol. The minimum Gasteiger partial charge on any atom is -0.387 e. The summed E-state index contributed by atoms with van der Waals surface area (Å²) in [5.74, 6) is -1.25. The summed E-state index contributed by atoms with van der Waals surface area (Å²) >= 11 is 0. The van der Waals surface area contributed by atoms with Gasteiger partial charge in [-0.25, -0.2) is 0 Å². The highest BCUT2D eigenvalue weighted by molar-refractivity contribution is 6.08. The van der Waals surface area contributed by atoms with Gasteiger partial charge in [0.1, 0.15) is 5.84 Å². The molecule has 0 aromatic rings. The number of amidine groups is 1. The van der Waals surface area contributed by atoms with Crippen molar-refractivity contribution < 1.29 is 9.59 Å². The molecule has 0 aromatic carbocycles. The van der Waals surface area contributed by atoms with Gasteiger partial charge in [-0.15, -0.1) is 0 Å². The molecule has 0 rings (SSSR count). The Balaban J connectivity index is 4.20. The van der Waals surface area contributed by atoms with Gasteiger partial charge in [-0.2, -0.15) is 0 Å². The zero-order valence-electron chi connectivity index (χ0n) is 7.20. The number of Topliss-reactive ketones (excluding diaryl/α,β-unsaturated/α-hetero) is 1. The van der Waals surface area contributed by atoms with Crippen LogP contribution in [-0.4, -0.2) is 24.6 Å². The second-order valence-electron chi connectivity index (χ2n) is 2.48. The molecule has 0 aliphatic rings. The molecule has 0 saturated carbocycles. The van der Waals surface area contributed by atoms with Crippen molar-refractivity contribution >= 4 is 17.5 Å². The normalized spacial score (nSPS) is 14.0. The van der Waals surface area contributed by atoms with Gasteiger partial charge < -0.3 is 11.5 Å². The van der Waals surface area contributed by atoms with Crippen LogP contribution in [0.2, 0.25) is 0 Å². The molecule has 0 aliphatic heterocycles. The molecule has 5 nitrogen and oxygen atoms in total. The Morgan fingerprint density at radius 1 is 1.42 bits per heavy atom. The van der Waals surface area contributed by atoms with Crippen molar-refractivity contribution in [3.63, 3.8) is 0 Å². The zero-order valence-corrected chi connectivity index (χ0v) is 7.20. The van der Waals surface area contributed by atoms with E-state index in [4.69, 9.17) is 11.5 Å². The zero-order chi connectivity index (χ0) is 9.72.